The average molecular weight is 574 g/mol. The van der Waals surface area contributed by atoms with Crippen molar-refractivity contribution in [2.75, 3.05) is 25.5 Å². The predicted octanol–water partition coefficient (Wildman–Crippen LogP) is 4.85. The Balaban J connectivity index is 1.59. The number of anilines is 1. The van der Waals surface area contributed by atoms with Crippen molar-refractivity contribution in [1.29, 1.82) is 5.41 Å². The van der Waals surface area contributed by atoms with Gasteiger partial charge in [0.15, 0.2) is 5.65 Å². The van der Waals surface area contributed by atoms with Crippen molar-refractivity contribution in [2.45, 2.75) is 12.6 Å². The van der Waals surface area contributed by atoms with Crippen LogP contribution in [0.1, 0.15) is 11.3 Å². The van der Waals surface area contributed by atoms with Gasteiger partial charge in [0.1, 0.15) is 23.5 Å². The van der Waals surface area contributed by atoms with Gasteiger partial charge in [0, 0.05) is 36.9 Å². The Bertz CT molecular complexity index is 1780. The summed E-state index contributed by atoms with van der Waals surface area (Å²) in [6, 6.07) is 16.6. The molecule has 0 fully saturated rings. The molecule has 5 rings (SSSR count). The maximum absolute atomic E-state index is 14.0. The second-order valence-electron chi connectivity index (χ2n) is 9.29. The van der Waals surface area contributed by atoms with Crippen LogP contribution in [0.4, 0.5) is 19.1 Å². The molecule has 1 aliphatic carbocycles. The lowest BCUT2D eigenvalue weighted by Gasteiger charge is -2.16. The van der Waals surface area contributed by atoms with Gasteiger partial charge in [0.2, 0.25) is 5.95 Å². The van der Waals surface area contributed by atoms with Crippen LogP contribution in [0.5, 0.6) is 5.75 Å². The Morgan fingerprint density at radius 1 is 1.07 bits per heavy atom. The van der Waals surface area contributed by atoms with Crippen molar-refractivity contribution in [3.05, 3.63) is 112 Å². The van der Waals surface area contributed by atoms with Gasteiger partial charge >= 0.3 is 6.18 Å². The van der Waals surface area contributed by atoms with E-state index in [4.69, 9.17) is 10.1 Å². The first-order valence-corrected chi connectivity index (χ1v) is 13.0. The van der Waals surface area contributed by atoms with E-state index in [1.165, 1.54) is 10.8 Å². The van der Waals surface area contributed by atoms with Crippen molar-refractivity contribution in [3.8, 4) is 11.4 Å². The smallest absolute Gasteiger partial charge is 0.405 e. The number of allylic oxidation sites excluding steroid dienone is 5. The maximum Gasteiger partial charge on any atom is 0.405 e. The van der Waals surface area contributed by atoms with Gasteiger partial charge in [-0.15, -0.1) is 0 Å². The van der Waals surface area contributed by atoms with Gasteiger partial charge in [-0.3, -0.25) is 9.36 Å². The first kappa shape index (κ1) is 28.3. The van der Waals surface area contributed by atoms with Gasteiger partial charge in [0.05, 0.1) is 24.2 Å². The predicted molar refractivity (Wildman–Crippen MR) is 155 cm³/mol. The van der Waals surface area contributed by atoms with Crippen molar-refractivity contribution >= 4 is 28.4 Å². The zero-order chi connectivity index (χ0) is 29.7. The number of nitrogens with one attached hydrogen (secondary N) is 3. The lowest BCUT2D eigenvalue weighted by atomic mass is 9.99. The second kappa shape index (κ2) is 12.1. The van der Waals surface area contributed by atoms with Gasteiger partial charge in [-0.05, 0) is 29.8 Å². The summed E-state index contributed by atoms with van der Waals surface area (Å²) in [5, 5.41) is 13.2. The molecule has 1 aliphatic rings. The van der Waals surface area contributed by atoms with Crippen LogP contribution in [0.15, 0.2) is 95.6 Å². The van der Waals surface area contributed by atoms with Crippen LogP contribution >= 0.6 is 0 Å². The number of nitrogens with zero attached hydrogens (tertiary/aromatic N) is 4. The Labute approximate surface area is 238 Å². The molecule has 0 unspecified atom stereocenters. The molecule has 12 heteroatoms. The van der Waals surface area contributed by atoms with Crippen molar-refractivity contribution in [1.82, 2.24) is 24.8 Å². The number of fused-ring (bicyclic) bond motifs is 1. The summed E-state index contributed by atoms with van der Waals surface area (Å²) in [6.45, 7) is -0.953. The van der Waals surface area contributed by atoms with Gasteiger partial charge in [-0.1, -0.05) is 42.5 Å². The fourth-order valence-corrected chi connectivity index (χ4v) is 4.30. The normalized spacial score (nSPS) is 14.2. The molecule has 0 saturated heterocycles. The molecule has 9 nitrogen and oxygen atoms in total. The maximum atomic E-state index is 14.0. The van der Waals surface area contributed by atoms with E-state index in [9.17, 15) is 18.0 Å². The molecule has 42 heavy (non-hydrogen) atoms. The molecule has 0 saturated carbocycles. The number of hydrogen-bond donors (Lipinski definition) is 3. The molecule has 0 spiro atoms. The minimum Gasteiger partial charge on any atom is -0.493 e. The highest BCUT2D eigenvalue weighted by atomic mass is 19.4. The highest BCUT2D eigenvalue weighted by Crippen LogP contribution is 2.24. The quantitative estimate of drug-likeness (QED) is 0.262. The average Bonchev–Trinajstić information content (AvgIpc) is 2.97. The molecule has 0 bridgehead atoms. The molecule has 2 aromatic carbocycles. The summed E-state index contributed by atoms with van der Waals surface area (Å²) in [7, 11) is 1.70. The Kier molecular flexibility index (Phi) is 8.14. The Hall–Kier alpha value is -5.26. The summed E-state index contributed by atoms with van der Waals surface area (Å²) in [5.74, 6) is 0.193. The molecule has 0 amide bonds. The van der Waals surface area contributed by atoms with Crippen LogP contribution in [0, 0.1) is 5.41 Å². The number of alkyl halides is 3. The molecular weight excluding hydrogens is 547 g/mol. The number of ether oxygens (including phenoxy) is 1. The Morgan fingerprint density at radius 3 is 2.64 bits per heavy atom. The number of hydrogen-bond acceptors (Lipinski definition) is 8. The molecule has 0 atom stereocenters. The minimum atomic E-state index is -4.49. The first-order chi connectivity index (χ1) is 20.2. The molecule has 2 aromatic heterocycles. The van der Waals surface area contributed by atoms with Gasteiger partial charge in [-0.25, -0.2) is 9.97 Å². The van der Waals surface area contributed by atoms with Crippen LogP contribution in [0.3, 0.4) is 0 Å². The standard InChI is InChI=1S/C30H26F3N7O2/c1-35-16-21-14-20(10-11-24(21)34)26-28(41)40(27-25(38-26)17-36-29(39-27)37-18-30(31,32)33)22-8-5-9-23(15-22)42-13-12-19-6-3-2-4-7-19/h2-11,14-17,34-35H,12-13,18H2,1H3,(H,36,37,39)/b21-16-,34-24?. The van der Waals surface area contributed by atoms with E-state index in [1.807, 2.05) is 30.3 Å². The zero-order valence-corrected chi connectivity index (χ0v) is 22.4. The van der Waals surface area contributed by atoms with Crippen LogP contribution in [0.2, 0.25) is 0 Å². The number of halogens is 3. The zero-order valence-electron chi connectivity index (χ0n) is 22.4. The summed E-state index contributed by atoms with van der Waals surface area (Å²) < 4.78 is 45.8. The van der Waals surface area contributed by atoms with Crippen LogP contribution in [-0.4, -0.2) is 51.6 Å². The summed E-state index contributed by atoms with van der Waals surface area (Å²) in [4.78, 5) is 26.7. The molecule has 0 radical (unpaired) electrons. The van der Waals surface area contributed by atoms with Crippen LogP contribution in [0.25, 0.3) is 22.4 Å². The van der Waals surface area contributed by atoms with Crippen molar-refractivity contribution in [3.63, 3.8) is 0 Å². The molecule has 2 heterocycles. The monoisotopic (exact) mass is 573 g/mol. The fraction of sp³-hybridized carbons (Fsp3) is 0.167. The summed E-state index contributed by atoms with van der Waals surface area (Å²) in [6.07, 6.45) is 3.89. The van der Waals surface area contributed by atoms with Crippen LogP contribution in [-0.2, 0) is 6.42 Å². The van der Waals surface area contributed by atoms with Gasteiger partial charge in [-0.2, -0.15) is 18.2 Å². The lowest BCUT2D eigenvalue weighted by Crippen LogP contribution is -2.26. The van der Waals surface area contributed by atoms with E-state index in [0.717, 1.165) is 5.56 Å². The first-order valence-electron chi connectivity index (χ1n) is 13.0. The van der Waals surface area contributed by atoms with E-state index < -0.39 is 18.3 Å². The third kappa shape index (κ3) is 6.54. The number of benzene rings is 2. The van der Waals surface area contributed by atoms with E-state index in [1.54, 1.807) is 55.7 Å². The van der Waals surface area contributed by atoms with E-state index in [0.29, 0.717) is 35.6 Å². The molecule has 4 aromatic rings. The van der Waals surface area contributed by atoms with Gasteiger partial charge in [0.25, 0.3) is 5.56 Å². The highest BCUT2D eigenvalue weighted by molar-refractivity contribution is 6.12. The highest BCUT2D eigenvalue weighted by Gasteiger charge is 2.27. The number of aromatic nitrogens is 4. The Morgan fingerprint density at radius 2 is 1.88 bits per heavy atom. The summed E-state index contributed by atoms with van der Waals surface area (Å²) >= 11 is 0. The molecule has 0 aliphatic heterocycles. The summed E-state index contributed by atoms with van der Waals surface area (Å²) in [5.41, 5.74) is 2.43. The fourth-order valence-electron chi connectivity index (χ4n) is 4.30. The van der Waals surface area contributed by atoms with E-state index in [-0.39, 0.29) is 28.5 Å². The van der Waals surface area contributed by atoms with Gasteiger partial charge < -0.3 is 20.8 Å². The van der Waals surface area contributed by atoms with Crippen molar-refractivity contribution in [2.24, 2.45) is 0 Å². The molecule has 3 N–H and O–H groups in total. The SMILES string of the molecule is CN/C=C1/C=C(c2nc3cnc(NCC(F)(F)F)nc3n(-c3cccc(OCCc4ccccc4)c3)c2=O)C=CC1=N. The largest absolute Gasteiger partial charge is 0.493 e. The van der Waals surface area contributed by atoms with E-state index >= 15 is 0 Å². The molecule has 214 valence electrons. The molecular formula is C30H26F3N7O2. The number of rotatable bonds is 9. The second-order valence-corrected chi connectivity index (χ2v) is 9.29. The van der Waals surface area contributed by atoms with Crippen LogP contribution < -0.4 is 20.9 Å². The minimum absolute atomic E-state index is 0.0176. The lowest BCUT2D eigenvalue weighted by molar-refractivity contribution is -0.115. The van der Waals surface area contributed by atoms with Crippen molar-refractivity contribution < 1.29 is 17.9 Å². The van der Waals surface area contributed by atoms with E-state index in [2.05, 4.69) is 25.6 Å². The topological polar surface area (TPSA) is 118 Å². The third-order valence-corrected chi connectivity index (χ3v) is 6.25. The third-order valence-electron chi connectivity index (χ3n) is 6.25.